The summed E-state index contributed by atoms with van der Waals surface area (Å²) in [5, 5.41) is 0. The van der Waals surface area contributed by atoms with E-state index in [4.69, 9.17) is 0 Å². The highest BCUT2D eigenvalue weighted by Crippen LogP contribution is 2.14. The molecular formula is C8H5BrN2O. The van der Waals surface area contributed by atoms with Crippen molar-refractivity contribution < 1.29 is 0 Å². The summed E-state index contributed by atoms with van der Waals surface area (Å²) in [6, 6.07) is 5.46. The van der Waals surface area contributed by atoms with Crippen molar-refractivity contribution in [3.05, 3.63) is 45.5 Å². The lowest BCUT2D eigenvalue weighted by molar-refractivity contribution is 0.990. The molecule has 0 saturated carbocycles. The summed E-state index contributed by atoms with van der Waals surface area (Å²) in [6.45, 7) is 0. The minimum Gasteiger partial charge on any atom is -0.267 e. The average Bonchev–Trinajstić information content (AvgIpc) is 2.07. The van der Waals surface area contributed by atoms with Crippen molar-refractivity contribution >= 4 is 21.4 Å². The first-order valence-corrected chi connectivity index (χ1v) is 4.20. The Labute approximate surface area is 76.8 Å². The van der Waals surface area contributed by atoms with Gasteiger partial charge >= 0.3 is 5.69 Å². The van der Waals surface area contributed by atoms with Crippen LogP contribution in [0.2, 0.25) is 0 Å². The molecule has 2 rings (SSSR count). The minimum absolute atomic E-state index is 0.256. The van der Waals surface area contributed by atoms with Gasteiger partial charge in [-0.2, -0.15) is 0 Å². The second kappa shape index (κ2) is 2.71. The first-order valence-electron chi connectivity index (χ1n) is 3.41. The Morgan fingerprint density at radius 2 is 2.25 bits per heavy atom. The van der Waals surface area contributed by atoms with E-state index < -0.39 is 0 Å². The van der Waals surface area contributed by atoms with Crippen molar-refractivity contribution in [1.29, 1.82) is 0 Å². The molecule has 0 bridgehead atoms. The SMILES string of the molecule is O=c1nccc2c(Br)cccn12. The normalized spacial score (nSPS) is 10.4. The Morgan fingerprint density at radius 3 is 3.00 bits per heavy atom. The van der Waals surface area contributed by atoms with Gasteiger partial charge in [0.1, 0.15) is 0 Å². The first kappa shape index (κ1) is 7.49. The van der Waals surface area contributed by atoms with Crippen LogP contribution in [0.25, 0.3) is 5.52 Å². The molecule has 0 aromatic carbocycles. The van der Waals surface area contributed by atoms with E-state index >= 15 is 0 Å². The molecule has 0 unspecified atom stereocenters. The average molecular weight is 225 g/mol. The van der Waals surface area contributed by atoms with Crippen molar-refractivity contribution in [2.24, 2.45) is 0 Å². The number of nitrogens with zero attached hydrogens (tertiary/aromatic N) is 2. The van der Waals surface area contributed by atoms with Crippen molar-refractivity contribution in [3.8, 4) is 0 Å². The molecule has 60 valence electrons. The van der Waals surface area contributed by atoms with E-state index in [1.54, 1.807) is 18.3 Å². The maximum absolute atomic E-state index is 11.2. The standard InChI is InChI=1S/C8H5BrN2O/c9-6-2-1-5-11-7(6)3-4-10-8(11)12/h1-5H. The van der Waals surface area contributed by atoms with Crippen molar-refractivity contribution in [3.63, 3.8) is 0 Å². The Morgan fingerprint density at radius 1 is 1.42 bits per heavy atom. The van der Waals surface area contributed by atoms with Gasteiger partial charge in [0.05, 0.1) is 5.52 Å². The highest BCUT2D eigenvalue weighted by molar-refractivity contribution is 9.10. The fourth-order valence-electron chi connectivity index (χ4n) is 1.05. The molecule has 4 heteroatoms. The zero-order valence-electron chi connectivity index (χ0n) is 6.07. The first-order chi connectivity index (χ1) is 5.79. The number of aromatic nitrogens is 2. The molecule has 0 aliphatic heterocycles. The summed E-state index contributed by atoms with van der Waals surface area (Å²) in [6.07, 6.45) is 3.19. The van der Waals surface area contributed by atoms with Crippen LogP contribution in [-0.2, 0) is 0 Å². The van der Waals surface area contributed by atoms with Gasteiger partial charge in [0, 0.05) is 16.9 Å². The maximum atomic E-state index is 11.2. The van der Waals surface area contributed by atoms with Crippen LogP contribution in [0.1, 0.15) is 0 Å². The molecule has 0 N–H and O–H groups in total. The zero-order valence-corrected chi connectivity index (χ0v) is 7.65. The molecule has 0 aliphatic carbocycles. The number of pyridine rings is 1. The molecule has 12 heavy (non-hydrogen) atoms. The van der Waals surface area contributed by atoms with E-state index in [1.165, 1.54) is 10.6 Å². The quantitative estimate of drug-likeness (QED) is 0.680. The van der Waals surface area contributed by atoms with Gasteiger partial charge in [-0.15, -0.1) is 0 Å². The number of fused-ring (bicyclic) bond motifs is 1. The predicted molar refractivity (Wildman–Crippen MR) is 49.2 cm³/mol. The number of hydrogen-bond donors (Lipinski definition) is 0. The van der Waals surface area contributed by atoms with Crippen LogP contribution < -0.4 is 5.69 Å². The highest BCUT2D eigenvalue weighted by Gasteiger charge is 1.97. The third kappa shape index (κ3) is 1.04. The summed E-state index contributed by atoms with van der Waals surface area (Å²) in [5.74, 6) is 0. The van der Waals surface area contributed by atoms with Crippen LogP contribution in [0.15, 0.2) is 39.9 Å². The predicted octanol–water partition coefficient (Wildman–Crippen LogP) is 1.46. The fraction of sp³-hybridized carbons (Fsp3) is 0. The molecule has 0 fully saturated rings. The smallest absolute Gasteiger partial charge is 0.267 e. The summed E-state index contributed by atoms with van der Waals surface area (Å²) in [7, 11) is 0. The largest absolute Gasteiger partial charge is 0.352 e. The molecule has 0 atom stereocenters. The summed E-state index contributed by atoms with van der Waals surface area (Å²) < 4.78 is 2.38. The Bertz CT molecular complexity index is 478. The van der Waals surface area contributed by atoms with Crippen LogP contribution in [-0.4, -0.2) is 9.38 Å². The third-order valence-electron chi connectivity index (χ3n) is 1.61. The van der Waals surface area contributed by atoms with Crippen molar-refractivity contribution in [2.45, 2.75) is 0 Å². The molecule has 2 aromatic heterocycles. The summed E-state index contributed by atoms with van der Waals surface area (Å²) in [5.41, 5.74) is 0.575. The highest BCUT2D eigenvalue weighted by atomic mass is 79.9. The number of hydrogen-bond acceptors (Lipinski definition) is 2. The zero-order chi connectivity index (χ0) is 8.55. The number of halogens is 1. The van der Waals surface area contributed by atoms with E-state index in [9.17, 15) is 4.79 Å². The van der Waals surface area contributed by atoms with E-state index in [2.05, 4.69) is 20.9 Å². The van der Waals surface area contributed by atoms with Crippen LogP contribution in [0.5, 0.6) is 0 Å². The van der Waals surface area contributed by atoms with Crippen LogP contribution >= 0.6 is 15.9 Å². The van der Waals surface area contributed by atoms with Crippen molar-refractivity contribution in [2.75, 3.05) is 0 Å². The van der Waals surface area contributed by atoms with Gasteiger partial charge in [0.15, 0.2) is 0 Å². The van der Waals surface area contributed by atoms with Crippen LogP contribution in [0.3, 0.4) is 0 Å². The van der Waals surface area contributed by atoms with E-state index in [0.29, 0.717) is 0 Å². The molecule has 0 radical (unpaired) electrons. The van der Waals surface area contributed by atoms with Gasteiger partial charge in [-0.25, -0.2) is 9.78 Å². The molecule has 0 spiro atoms. The van der Waals surface area contributed by atoms with Crippen LogP contribution in [0, 0.1) is 0 Å². The van der Waals surface area contributed by atoms with Gasteiger partial charge in [-0.05, 0) is 34.1 Å². The van der Waals surface area contributed by atoms with E-state index in [1.807, 2.05) is 6.07 Å². The fourth-order valence-corrected chi connectivity index (χ4v) is 1.53. The molecule has 0 amide bonds. The van der Waals surface area contributed by atoms with Gasteiger partial charge in [0.25, 0.3) is 0 Å². The van der Waals surface area contributed by atoms with Gasteiger partial charge in [-0.1, -0.05) is 0 Å². The van der Waals surface area contributed by atoms with E-state index in [0.717, 1.165) is 9.99 Å². The topological polar surface area (TPSA) is 34.4 Å². The van der Waals surface area contributed by atoms with Gasteiger partial charge in [-0.3, -0.25) is 4.40 Å². The maximum Gasteiger partial charge on any atom is 0.352 e. The van der Waals surface area contributed by atoms with Gasteiger partial charge in [0.2, 0.25) is 0 Å². The van der Waals surface area contributed by atoms with E-state index in [-0.39, 0.29) is 5.69 Å². The summed E-state index contributed by atoms with van der Waals surface area (Å²) in [4.78, 5) is 14.8. The lowest BCUT2D eigenvalue weighted by atomic mass is 10.4. The second-order valence-corrected chi connectivity index (χ2v) is 3.19. The molecule has 2 heterocycles. The monoisotopic (exact) mass is 224 g/mol. The third-order valence-corrected chi connectivity index (χ3v) is 2.28. The van der Waals surface area contributed by atoms with Crippen LogP contribution in [0.4, 0.5) is 0 Å². The number of rotatable bonds is 0. The minimum atomic E-state index is -0.256. The molecular weight excluding hydrogens is 220 g/mol. The van der Waals surface area contributed by atoms with Gasteiger partial charge < -0.3 is 0 Å². The molecule has 3 nitrogen and oxygen atoms in total. The lowest BCUT2D eigenvalue weighted by Gasteiger charge is -1.99. The molecule has 0 aliphatic rings. The molecule has 0 saturated heterocycles. The Kier molecular flexibility index (Phi) is 1.69. The summed E-state index contributed by atoms with van der Waals surface area (Å²) >= 11 is 3.34. The lowest BCUT2D eigenvalue weighted by Crippen LogP contribution is -2.15. The Hall–Kier alpha value is -1.16. The molecule has 2 aromatic rings. The second-order valence-electron chi connectivity index (χ2n) is 2.34. The Balaban J connectivity index is 3.05. The van der Waals surface area contributed by atoms with Crippen molar-refractivity contribution in [1.82, 2.24) is 9.38 Å².